The van der Waals surface area contributed by atoms with E-state index < -0.39 is 5.41 Å². The summed E-state index contributed by atoms with van der Waals surface area (Å²) in [6, 6.07) is 6.06. The van der Waals surface area contributed by atoms with Crippen LogP contribution in [0.4, 0.5) is 0 Å². The maximum absolute atomic E-state index is 13.6. The number of benzene rings is 1. The Bertz CT molecular complexity index is 631. The number of carbonyl (C=O) groups is 1. The lowest BCUT2D eigenvalue weighted by molar-refractivity contribution is -0.141. The molecule has 0 unspecified atom stereocenters. The van der Waals surface area contributed by atoms with Crippen molar-refractivity contribution in [2.24, 2.45) is 0 Å². The topological polar surface area (TPSA) is 48.0 Å². The number of rotatable bonds is 3. The molecule has 1 aromatic rings. The molecule has 2 heterocycles. The molecule has 25 heavy (non-hydrogen) atoms. The molecule has 0 radical (unpaired) electrons. The quantitative estimate of drug-likeness (QED) is 0.844. The van der Waals surface area contributed by atoms with Crippen molar-refractivity contribution in [3.8, 4) is 11.5 Å². The molecule has 1 amide bonds. The third-order valence-corrected chi connectivity index (χ3v) is 6.10. The Hall–Kier alpha value is -1.75. The monoisotopic (exact) mass is 345 g/mol. The lowest BCUT2D eigenvalue weighted by Gasteiger charge is -2.42. The Balaban J connectivity index is 1.62. The molecule has 2 fully saturated rings. The SMILES string of the molecule is COC1CCN(C(=O)C2(c3ccc4c(c3)OCO4)CCCCC2)CC1. The van der Waals surface area contributed by atoms with Crippen molar-refractivity contribution in [1.29, 1.82) is 0 Å². The van der Waals surface area contributed by atoms with Crippen LogP contribution in [-0.2, 0) is 14.9 Å². The van der Waals surface area contributed by atoms with Crippen LogP contribution < -0.4 is 9.47 Å². The summed E-state index contributed by atoms with van der Waals surface area (Å²) < 4.78 is 16.5. The van der Waals surface area contributed by atoms with Crippen LogP contribution in [0.2, 0.25) is 0 Å². The molecule has 0 atom stereocenters. The third kappa shape index (κ3) is 2.99. The van der Waals surface area contributed by atoms with Crippen molar-refractivity contribution in [3.63, 3.8) is 0 Å². The predicted molar refractivity (Wildman–Crippen MR) is 93.9 cm³/mol. The van der Waals surface area contributed by atoms with E-state index in [0.29, 0.717) is 5.91 Å². The number of piperidine rings is 1. The largest absolute Gasteiger partial charge is 0.454 e. The predicted octanol–water partition coefficient (Wildman–Crippen LogP) is 3.25. The minimum atomic E-state index is -0.404. The summed E-state index contributed by atoms with van der Waals surface area (Å²) >= 11 is 0. The van der Waals surface area contributed by atoms with E-state index in [-0.39, 0.29) is 12.9 Å². The van der Waals surface area contributed by atoms with Crippen molar-refractivity contribution in [3.05, 3.63) is 23.8 Å². The zero-order valence-electron chi connectivity index (χ0n) is 15.0. The zero-order valence-corrected chi connectivity index (χ0v) is 15.0. The number of hydrogen-bond donors (Lipinski definition) is 0. The van der Waals surface area contributed by atoms with E-state index in [1.54, 1.807) is 7.11 Å². The molecule has 2 aliphatic heterocycles. The normalized spacial score (nSPS) is 22.8. The van der Waals surface area contributed by atoms with Crippen LogP contribution in [0.3, 0.4) is 0 Å². The van der Waals surface area contributed by atoms with Crippen molar-refractivity contribution < 1.29 is 19.0 Å². The fourth-order valence-corrected chi connectivity index (χ4v) is 4.57. The maximum Gasteiger partial charge on any atom is 0.233 e. The van der Waals surface area contributed by atoms with E-state index in [1.165, 1.54) is 6.42 Å². The molecule has 5 heteroatoms. The van der Waals surface area contributed by atoms with E-state index in [2.05, 4.69) is 11.0 Å². The Kier molecular flexibility index (Phi) is 4.59. The maximum atomic E-state index is 13.6. The molecule has 0 bridgehead atoms. The Morgan fingerprint density at radius 3 is 2.56 bits per heavy atom. The van der Waals surface area contributed by atoms with Crippen LogP contribution in [0, 0.1) is 0 Å². The first-order chi connectivity index (χ1) is 12.2. The number of hydrogen-bond acceptors (Lipinski definition) is 4. The molecule has 5 nitrogen and oxygen atoms in total. The van der Waals surface area contributed by atoms with Crippen molar-refractivity contribution in [2.75, 3.05) is 27.0 Å². The number of fused-ring (bicyclic) bond motifs is 1. The molecule has 1 aliphatic carbocycles. The highest BCUT2D eigenvalue weighted by atomic mass is 16.7. The first kappa shape index (κ1) is 16.7. The van der Waals surface area contributed by atoms with Crippen molar-refractivity contribution >= 4 is 5.91 Å². The Morgan fingerprint density at radius 1 is 1.12 bits per heavy atom. The summed E-state index contributed by atoms with van der Waals surface area (Å²) in [4.78, 5) is 15.6. The Morgan fingerprint density at radius 2 is 1.84 bits per heavy atom. The minimum Gasteiger partial charge on any atom is -0.454 e. The molecule has 0 N–H and O–H groups in total. The lowest BCUT2D eigenvalue weighted by Crippen LogP contribution is -2.51. The van der Waals surface area contributed by atoms with Gasteiger partial charge in [-0.05, 0) is 43.4 Å². The van der Waals surface area contributed by atoms with Gasteiger partial charge < -0.3 is 19.1 Å². The number of likely N-dealkylation sites (tertiary alicyclic amines) is 1. The second kappa shape index (κ2) is 6.87. The lowest BCUT2D eigenvalue weighted by atomic mass is 9.68. The standard InChI is InChI=1S/C20H27NO4/c1-23-16-7-11-21(12-8-16)19(22)20(9-3-2-4-10-20)15-5-6-17-18(13-15)25-14-24-17/h5-6,13,16H,2-4,7-12,14H2,1H3. The molecular formula is C20H27NO4. The zero-order chi connectivity index (χ0) is 17.3. The van der Waals surface area contributed by atoms with Gasteiger partial charge in [-0.1, -0.05) is 25.3 Å². The molecule has 0 aromatic heterocycles. The molecule has 1 saturated carbocycles. The van der Waals surface area contributed by atoms with Gasteiger partial charge in [0.2, 0.25) is 12.7 Å². The van der Waals surface area contributed by atoms with Gasteiger partial charge in [-0.25, -0.2) is 0 Å². The number of ether oxygens (including phenoxy) is 3. The number of nitrogens with zero attached hydrogens (tertiary/aromatic N) is 1. The molecule has 136 valence electrons. The summed E-state index contributed by atoms with van der Waals surface area (Å²) in [6.45, 7) is 1.86. The van der Waals surface area contributed by atoms with E-state index >= 15 is 0 Å². The fraction of sp³-hybridized carbons (Fsp3) is 0.650. The van der Waals surface area contributed by atoms with Gasteiger partial charge in [0.25, 0.3) is 0 Å². The molecule has 3 aliphatic rings. The molecule has 0 spiro atoms. The van der Waals surface area contributed by atoms with Gasteiger partial charge in [-0.2, -0.15) is 0 Å². The van der Waals surface area contributed by atoms with Gasteiger partial charge in [-0.3, -0.25) is 4.79 Å². The second-order valence-corrected chi connectivity index (χ2v) is 7.44. The van der Waals surface area contributed by atoms with Gasteiger partial charge in [-0.15, -0.1) is 0 Å². The third-order valence-electron chi connectivity index (χ3n) is 6.10. The summed E-state index contributed by atoms with van der Waals surface area (Å²) in [5.41, 5.74) is 0.689. The van der Waals surface area contributed by atoms with Gasteiger partial charge in [0.15, 0.2) is 11.5 Å². The average Bonchev–Trinajstić information content (AvgIpc) is 3.16. The van der Waals surface area contributed by atoms with E-state index in [0.717, 1.165) is 68.7 Å². The fourth-order valence-electron chi connectivity index (χ4n) is 4.57. The number of methoxy groups -OCH3 is 1. The van der Waals surface area contributed by atoms with Crippen LogP contribution in [0.15, 0.2) is 18.2 Å². The molecular weight excluding hydrogens is 318 g/mol. The van der Waals surface area contributed by atoms with Crippen molar-refractivity contribution in [2.45, 2.75) is 56.5 Å². The van der Waals surface area contributed by atoms with Crippen LogP contribution in [0.5, 0.6) is 11.5 Å². The first-order valence-corrected chi connectivity index (χ1v) is 9.45. The van der Waals surface area contributed by atoms with Gasteiger partial charge in [0.1, 0.15) is 0 Å². The van der Waals surface area contributed by atoms with Gasteiger partial charge in [0.05, 0.1) is 11.5 Å². The molecule has 1 saturated heterocycles. The highest BCUT2D eigenvalue weighted by molar-refractivity contribution is 5.88. The van der Waals surface area contributed by atoms with Crippen molar-refractivity contribution in [1.82, 2.24) is 4.90 Å². The van der Waals surface area contributed by atoms with Crippen LogP contribution in [0.25, 0.3) is 0 Å². The van der Waals surface area contributed by atoms with E-state index in [9.17, 15) is 4.79 Å². The average molecular weight is 345 g/mol. The second-order valence-electron chi connectivity index (χ2n) is 7.44. The van der Waals surface area contributed by atoms with Crippen LogP contribution in [-0.4, -0.2) is 43.9 Å². The highest BCUT2D eigenvalue weighted by Gasteiger charge is 2.44. The highest BCUT2D eigenvalue weighted by Crippen LogP contribution is 2.44. The first-order valence-electron chi connectivity index (χ1n) is 9.45. The van der Waals surface area contributed by atoms with E-state index in [4.69, 9.17) is 14.2 Å². The van der Waals surface area contributed by atoms with Gasteiger partial charge >= 0.3 is 0 Å². The van der Waals surface area contributed by atoms with Gasteiger partial charge in [0, 0.05) is 20.2 Å². The van der Waals surface area contributed by atoms with Crippen LogP contribution >= 0.6 is 0 Å². The number of amides is 1. The molecule has 1 aromatic carbocycles. The number of carbonyl (C=O) groups excluding carboxylic acids is 1. The smallest absolute Gasteiger partial charge is 0.233 e. The minimum absolute atomic E-state index is 0.268. The van der Waals surface area contributed by atoms with E-state index in [1.807, 2.05) is 12.1 Å². The summed E-state index contributed by atoms with van der Waals surface area (Å²) in [7, 11) is 1.76. The molecule has 4 rings (SSSR count). The Labute approximate surface area is 149 Å². The summed E-state index contributed by atoms with van der Waals surface area (Å²) in [5.74, 6) is 1.84. The summed E-state index contributed by atoms with van der Waals surface area (Å²) in [6.07, 6.45) is 7.43. The summed E-state index contributed by atoms with van der Waals surface area (Å²) in [5, 5.41) is 0. The van der Waals surface area contributed by atoms with Crippen LogP contribution in [0.1, 0.15) is 50.5 Å².